The lowest BCUT2D eigenvalue weighted by Gasteiger charge is -2.10. The van der Waals surface area contributed by atoms with E-state index in [9.17, 15) is 5.11 Å². The molecule has 0 spiro atoms. The van der Waals surface area contributed by atoms with Gasteiger partial charge in [0.2, 0.25) is 0 Å². The molecule has 0 bridgehead atoms. The van der Waals surface area contributed by atoms with Crippen LogP contribution in [-0.4, -0.2) is 20.1 Å². The maximum absolute atomic E-state index is 9.55. The van der Waals surface area contributed by atoms with E-state index in [2.05, 4.69) is 67.4 Å². The monoisotopic (exact) mass is 329 g/mol. The topological polar surface area (TPSA) is 61.8 Å². The summed E-state index contributed by atoms with van der Waals surface area (Å²) in [4.78, 5) is 12.8. The van der Waals surface area contributed by atoms with E-state index in [1.165, 1.54) is 11.1 Å². The average molecular weight is 329 g/mol. The van der Waals surface area contributed by atoms with Crippen molar-refractivity contribution in [3.63, 3.8) is 0 Å². The zero-order valence-corrected chi connectivity index (χ0v) is 14.2. The van der Waals surface area contributed by atoms with Crippen LogP contribution in [0, 0.1) is 13.8 Å². The molecular weight excluding hydrogens is 310 g/mol. The predicted octanol–water partition coefficient (Wildman–Crippen LogP) is 4.40. The SMILES string of the molecule is Cc1ccc(-c2nc3[nH]cc(CO)c3nc2-c2ccc(C)cc2)cc1. The van der Waals surface area contributed by atoms with E-state index in [4.69, 9.17) is 9.97 Å². The summed E-state index contributed by atoms with van der Waals surface area (Å²) in [5.41, 5.74) is 8.27. The van der Waals surface area contributed by atoms with Crippen LogP contribution in [0.4, 0.5) is 0 Å². The van der Waals surface area contributed by atoms with E-state index in [0.717, 1.165) is 28.1 Å². The number of aromatic amines is 1. The van der Waals surface area contributed by atoms with Gasteiger partial charge < -0.3 is 10.1 Å². The highest BCUT2D eigenvalue weighted by molar-refractivity contribution is 5.86. The molecular formula is C21H19N3O. The fourth-order valence-corrected chi connectivity index (χ4v) is 2.93. The van der Waals surface area contributed by atoms with Gasteiger partial charge in [0.05, 0.1) is 18.0 Å². The van der Waals surface area contributed by atoms with Gasteiger partial charge in [0.15, 0.2) is 5.65 Å². The summed E-state index contributed by atoms with van der Waals surface area (Å²) in [7, 11) is 0. The third-order valence-electron chi connectivity index (χ3n) is 4.40. The lowest BCUT2D eigenvalue weighted by Crippen LogP contribution is -1.96. The normalized spacial score (nSPS) is 11.2. The molecule has 4 heteroatoms. The molecule has 0 amide bonds. The van der Waals surface area contributed by atoms with Crippen LogP contribution in [0.25, 0.3) is 33.7 Å². The molecule has 0 fully saturated rings. The number of nitrogens with zero attached hydrogens (tertiary/aromatic N) is 2. The number of benzene rings is 2. The van der Waals surface area contributed by atoms with Gasteiger partial charge in [-0.25, -0.2) is 9.97 Å². The van der Waals surface area contributed by atoms with E-state index >= 15 is 0 Å². The number of aliphatic hydroxyl groups excluding tert-OH is 1. The number of rotatable bonds is 3. The standard InChI is InChI=1S/C21H19N3O/c1-13-3-7-15(8-4-13)18-19(16-9-5-14(2)6-10-16)24-21-20(23-18)17(12-25)11-22-21/h3-11,25H,12H2,1-2H3,(H,22,24). The van der Waals surface area contributed by atoms with Crippen LogP contribution in [0.5, 0.6) is 0 Å². The Kier molecular flexibility index (Phi) is 3.82. The zero-order valence-electron chi connectivity index (χ0n) is 14.2. The van der Waals surface area contributed by atoms with E-state index in [0.29, 0.717) is 11.2 Å². The van der Waals surface area contributed by atoms with Gasteiger partial charge in [-0.1, -0.05) is 59.7 Å². The van der Waals surface area contributed by atoms with Gasteiger partial charge >= 0.3 is 0 Å². The van der Waals surface area contributed by atoms with Crippen LogP contribution in [-0.2, 0) is 6.61 Å². The Hall–Kier alpha value is -2.98. The first kappa shape index (κ1) is 15.5. The van der Waals surface area contributed by atoms with Crippen LogP contribution in [0.3, 0.4) is 0 Å². The second-order valence-corrected chi connectivity index (χ2v) is 6.32. The van der Waals surface area contributed by atoms with Gasteiger partial charge in [0.1, 0.15) is 5.52 Å². The first-order chi connectivity index (χ1) is 12.2. The Labute approximate surface area is 146 Å². The number of aliphatic hydroxyl groups is 1. The highest BCUT2D eigenvalue weighted by atomic mass is 16.3. The van der Waals surface area contributed by atoms with Gasteiger partial charge in [-0.2, -0.15) is 0 Å². The molecule has 0 unspecified atom stereocenters. The smallest absolute Gasteiger partial charge is 0.157 e. The Morgan fingerprint density at radius 2 is 1.32 bits per heavy atom. The van der Waals surface area contributed by atoms with Crippen LogP contribution in [0.1, 0.15) is 16.7 Å². The molecule has 2 aromatic heterocycles. The summed E-state index contributed by atoms with van der Waals surface area (Å²) in [6.45, 7) is 4.07. The first-order valence-corrected chi connectivity index (χ1v) is 8.28. The number of hydrogen-bond donors (Lipinski definition) is 2. The van der Waals surface area contributed by atoms with Gasteiger partial charge in [-0.15, -0.1) is 0 Å². The van der Waals surface area contributed by atoms with Crippen molar-refractivity contribution >= 4 is 11.2 Å². The molecule has 2 N–H and O–H groups in total. The molecule has 0 aliphatic rings. The zero-order chi connectivity index (χ0) is 17.4. The maximum Gasteiger partial charge on any atom is 0.157 e. The minimum absolute atomic E-state index is 0.0636. The van der Waals surface area contributed by atoms with Crippen molar-refractivity contribution < 1.29 is 5.11 Å². The third-order valence-corrected chi connectivity index (χ3v) is 4.40. The lowest BCUT2D eigenvalue weighted by atomic mass is 10.0. The van der Waals surface area contributed by atoms with Crippen molar-refractivity contribution in [1.82, 2.24) is 15.0 Å². The van der Waals surface area contributed by atoms with Crippen molar-refractivity contribution in [2.75, 3.05) is 0 Å². The molecule has 4 rings (SSSR count). The summed E-state index contributed by atoms with van der Waals surface area (Å²) < 4.78 is 0. The third kappa shape index (κ3) is 2.81. The number of nitrogens with one attached hydrogen (secondary N) is 1. The van der Waals surface area contributed by atoms with Crippen LogP contribution >= 0.6 is 0 Å². The highest BCUT2D eigenvalue weighted by Gasteiger charge is 2.15. The Balaban J connectivity index is 2.00. The molecule has 0 saturated heterocycles. The van der Waals surface area contributed by atoms with Gasteiger partial charge in [-0.05, 0) is 13.8 Å². The summed E-state index contributed by atoms with van der Waals surface area (Å²) >= 11 is 0. The maximum atomic E-state index is 9.55. The molecule has 2 aromatic carbocycles. The molecule has 0 saturated carbocycles. The molecule has 0 atom stereocenters. The molecule has 0 aliphatic heterocycles. The Morgan fingerprint density at radius 3 is 1.84 bits per heavy atom. The van der Waals surface area contributed by atoms with Gasteiger partial charge in [0, 0.05) is 22.9 Å². The number of aryl methyl sites for hydroxylation is 2. The average Bonchev–Trinajstić information content (AvgIpc) is 3.04. The molecule has 124 valence electrons. The van der Waals surface area contributed by atoms with Crippen molar-refractivity contribution in [3.05, 3.63) is 71.4 Å². The van der Waals surface area contributed by atoms with E-state index in [1.807, 2.05) is 0 Å². The van der Waals surface area contributed by atoms with E-state index in [-0.39, 0.29) is 6.61 Å². The summed E-state index contributed by atoms with van der Waals surface area (Å²) in [6, 6.07) is 16.6. The van der Waals surface area contributed by atoms with E-state index < -0.39 is 0 Å². The number of aromatic nitrogens is 3. The second kappa shape index (κ2) is 6.15. The van der Waals surface area contributed by atoms with Crippen molar-refractivity contribution in [3.8, 4) is 22.5 Å². The predicted molar refractivity (Wildman–Crippen MR) is 100 cm³/mol. The summed E-state index contributed by atoms with van der Waals surface area (Å²) in [5, 5.41) is 9.55. The Morgan fingerprint density at radius 1 is 0.800 bits per heavy atom. The second-order valence-electron chi connectivity index (χ2n) is 6.32. The van der Waals surface area contributed by atoms with Crippen LogP contribution in [0.2, 0.25) is 0 Å². The molecule has 25 heavy (non-hydrogen) atoms. The molecule has 0 radical (unpaired) electrons. The Bertz CT molecular complexity index is 1030. The fraction of sp³-hybridized carbons (Fsp3) is 0.143. The van der Waals surface area contributed by atoms with Gasteiger partial charge in [0.25, 0.3) is 0 Å². The largest absolute Gasteiger partial charge is 0.392 e. The van der Waals surface area contributed by atoms with E-state index in [1.54, 1.807) is 6.20 Å². The quantitative estimate of drug-likeness (QED) is 0.585. The molecule has 4 nitrogen and oxygen atoms in total. The molecule has 2 heterocycles. The van der Waals surface area contributed by atoms with Crippen molar-refractivity contribution in [2.45, 2.75) is 20.5 Å². The van der Waals surface area contributed by atoms with Gasteiger partial charge in [-0.3, -0.25) is 0 Å². The van der Waals surface area contributed by atoms with Crippen LogP contribution in [0.15, 0.2) is 54.7 Å². The van der Waals surface area contributed by atoms with Crippen molar-refractivity contribution in [1.29, 1.82) is 0 Å². The minimum atomic E-state index is -0.0636. The van der Waals surface area contributed by atoms with Crippen molar-refractivity contribution in [2.24, 2.45) is 0 Å². The fourth-order valence-electron chi connectivity index (χ4n) is 2.93. The minimum Gasteiger partial charge on any atom is -0.392 e. The lowest BCUT2D eigenvalue weighted by molar-refractivity contribution is 0.283. The molecule has 0 aliphatic carbocycles. The number of H-pyrrole nitrogens is 1. The summed E-state index contributed by atoms with van der Waals surface area (Å²) in [6.07, 6.45) is 1.77. The first-order valence-electron chi connectivity index (χ1n) is 8.28. The molecule has 4 aromatic rings. The number of hydrogen-bond acceptors (Lipinski definition) is 3. The number of fused-ring (bicyclic) bond motifs is 1. The van der Waals surface area contributed by atoms with Crippen LogP contribution < -0.4 is 0 Å². The summed E-state index contributed by atoms with van der Waals surface area (Å²) in [5.74, 6) is 0. The highest BCUT2D eigenvalue weighted by Crippen LogP contribution is 2.32.